The van der Waals surface area contributed by atoms with Gasteiger partial charge in [0.25, 0.3) is 0 Å². The molecule has 0 aliphatic carbocycles. The minimum atomic E-state index is -1.18. The molecule has 0 saturated heterocycles. The van der Waals surface area contributed by atoms with Gasteiger partial charge in [0.1, 0.15) is 11.5 Å². The SMILES string of the molecule is CCC(=O)Nc1ccc(NC(=O)C(Oc2ccccc2)Oc2ccccc2)cc1. The lowest BCUT2D eigenvalue weighted by Crippen LogP contribution is -2.38. The van der Waals surface area contributed by atoms with Crippen molar-refractivity contribution < 1.29 is 19.1 Å². The largest absolute Gasteiger partial charge is 0.446 e. The third kappa shape index (κ3) is 6.10. The molecule has 3 aromatic carbocycles. The van der Waals surface area contributed by atoms with Crippen molar-refractivity contribution in [3.8, 4) is 11.5 Å². The average Bonchev–Trinajstić information content (AvgIpc) is 2.76. The van der Waals surface area contributed by atoms with Crippen LogP contribution in [0.1, 0.15) is 13.3 Å². The van der Waals surface area contributed by atoms with E-state index < -0.39 is 12.2 Å². The number of nitrogens with one attached hydrogen (secondary N) is 2. The van der Waals surface area contributed by atoms with Crippen LogP contribution in [0.5, 0.6) is 11.5 Å². The van der Waals surface area contributed by atoms with E-state index in [0.29, 0.717) is 29.3 Å². The first-order chi connectivity index (χ1) is 14.1. The number of para-hydroxylation sites is 2. The molecule has 0 unspecified atom stereocenters. The molecule has 0 aliphatic heterocycles. The molecule has 0 aliphatic rings. The summed E-state index contributed by atoms with van der Waals surface area (Å²) in [6, 6.07) is 24.8. The van der Waals surface area contributed by atoms with Crippen molar-refractivity contribution >= 4 is 23.2 Å². The number of rotatable bonds is 8. The second-order valence-corrected chi connectivity index (χ2v) is 6.16. The summed E-state index contributed by atoms with van der Waals surface area (Å²) in [5.74, 6) is 0.500. The summed E-state index contributed by atoms with van der Waals surface area (Å²) in [5, 5.41) is 5.53. The van der Waals surface area contributed by atoms with Crippen molar-refractivity contribution in [3.05, 3.63) is 84.9 Å². The van der Waals surface area contributed by atoms with E-state index in [1.165, 1.54) is 0 Å². The maximum absolute atomic E-state index is 12.8. The van der Waals surface area contributed by atoms with Crippen LogP contribution in [0.3, 0.4) is 0 Å². The van der Waals surface area contributed by atoms with Crippen molar-refractivity contribution in [2.75, 3.05) is 10.6 Å². The summed E-state index contributed by atoms with van der Waals surface area (Å²) in [5.41, 5.74) is 1.22. The summed E-state index contributed by atoms with van der Waals surface area (Å²) in [6.45, 7) is 1.78. The minimum Gasteiger partial charge on any atom is -0.446 e. The minimum absolute atomic E-state index is 0.0747. The summed E-state index contributed by atoms with van der Waals surface area (Å²) in [7, 11) is 0. The van der Waals surface area contributed by atoms with Gasteiger partial charge in [-0.25, -0.2) is 0 Å². The number of benzene rings is 3. The monoisotopic (exact) mass is 390 g/mol. The number of anilines is 2. The number of carbonyl (C=O) groups excluding carboxylic acids is 2. The van der Waals surface area contributed by atoms with Crippen molar-refractivity contribution in [2.45, 2.75) is 19.6 Å². The van der Waals surface area contributed by atoms with Crippen LogP contribution in [0.25, 0.3) is 0 Å². The molecule has 2 amide bonds. The van der Waals surface area contributed by atoms with E-state index >= 15 is 0 Å². The second-order valence-electron chi connectivity index (χ2n) is 6.16. The molecule has 3 aromatic rings. The third-order valence-corrected chi connectivity index (χ3v) is 3.94. The Morgan fingerprint density at radius 2 is 1.17 bits per heavy atom. The molecular weight excluding hydrogens is 368 g/mol. The fraction of sp³-hybridized carbons (Fsp3) is 0.130. The van der Waals surface area contributed by atoms with E-state index in [1.807, 2.05) is 36.4 Å². The Hall–Kier alpha value is -3.80. The summed E-state index contributed by atoms with van der Waals surface area (Å²) in [6.07, 6.45) is -0.785. The van der Waals surface area contributed by atoms with E-state index in [-0.39, 0.29) is 5.91 Å². The van der Waals surface area contributed by atoms with Gasteiger partial charge in [-0.3, -0.25) is 9.59 Å². The summed E-state index contributed by atoms with van der Waals surface area (Å²) in [4.78, 5) is 24.3. The highest BCUT2D eigenvalue weighted by molar-refractivity contribution is 5.94. The maximum atomic E-state index is 12.8. The lowest BCUT2D eigenvalue weighted by molar-refractivity contribution is -0.134. The number of carbonyl (C=O) groups is 2. The van der Waals surface area contributed by atoms with Crippen LogP contribution in [0, 0.1) is 0 Å². The van der Waals surface area contributed by atoms with Crippen LogP contribution in [0.4, 0.5) is 11.4 Å². The maximum Gasteiger partial charge on any atom is 0.321 e. The Bertz CT molecular complexity index is 887. The number of ether oxygens (including phenoxy) is 2. The van der Waals surface area contributed by atoms with Gasteiger partial charge < -0.3 is 20.1 Å². The van der Waals surface area contributed by atoms with Gasteiger partial charge in [-0.15, -0.1) is 0 Å². The van der Waals surface area contributed by atoms with E-state index in [1.54, 1.807) is 55.5 Å². The van der Waals surface area contributed by atoms with Crippen LogP contribution in [0.15, 0.2) is 84.9 Å². The van der Waals surface area contributed by atoms with E-state index in [0.717, 1.165) is 0 Å². The Kier molecular flexibility index (Phi) is 6.84. The second kappa shape index (κ2) is 9.94. The summed E-state index contributed by atoms with van der Waals surface area (Å²) < 4.78 is 11.5. The lowest BCUT2D eigenvalue weighted by atomic mass is 10.2. The average molecular weight is 390 g/mol. The highest BCUT2D eigenvalue weighted by atomic mass is 16.7. The van der Waals surface area contributed by atoms with Gasteiger partial charge in [-0.1, -0.05) is 43.3 Å². The molecule has 6 heteroatoms. The fourth-order valence-electron chi connectivity index (χ4n) is 2.46. The predicted octanol–water partition coefficient (Wildman–Crippen LogP) is 4.46. The number of amides is 2. The predicted molar refractivity (Wildman–Crippen MR) is 112 cm³/mol. The molecule has 0 bridgehead atoms. The van der Waals surface area contributed by atoms with E-state index in [2.05, 4.69) is 10.6 Å². The molecule has 6 nitrogen and oxygen atoms in total. The molecule has 0 fully saturated rings. The molecule has 3 rings (SSSR count). The Morgan fingerprint density at radius 3 is 1.62 bits per heavy atom. The zero-order valence-corrected chi connectivity index (χ0v) is 16.0. The van der Waals surface area contributed by atoms with Crippen molar-refractivity contribution in [1.29, 1.82) is 0 Å². The van der Waals surface area contributed by atoms with Gasteiger partial charge >= 0.3 is 12.2 Å². The van der Waals surface area contributed by atoms with Gasteiger partial charge in [-0.2, -0.15) is 0 Å². The Labute approximate surface area is 169 Å². The highest BCUT2D eigenvalue weighted by Gasteiger charge is 2.23. The third-order valence-electron chi connectivity index (χ3n) is 3.94. The normalized spacial score (nSPS) is 10.3. The van der Waals surface area contributed by atoms with Crippen molar-refractivity contribution in [1.82, 2.24) is 0 Å². The first-order valence-electron chi connectivity index (χ1n) is 9.28. The van der Waals surface area contributed by atoms with Gasteiger partial charge in [0, 0.05) is 17.8 Å². The molecule has 148 valence electrons. The molecule has 0 saturated carbocycles. The standard InChI is InChI=1S/C23H22N2O4/c1-2-21(26)24-17-13-15-18(16-14-17)25-22(27)23(28-19-9-5-3-6-10-19)29-20-11-7-4-8-12-20/h3-16,23H,2H2,1H3,(H,24,26)(H,25,27). The van der Waals surface area contributed by atoms with Crippen LogP contribution < -0.4 is 20.1 Å². The van der Waals surface area contributed by atoms with Crippen molar-refractivity contribution in [2.24, 2.45) is 0 Å². The van der Waals surface area contributed by atoms with E-state index in [4.69, 9.17) is 9.47 Å². The molecule has 2 N–H and O–H groups in total. The zero-order valence-electron chi connectivity index (χ0n) is 16.0. The van der Waals surface area contributed by atoms with Crippen molar-refractivity contribution in [3.63, 3.8) is 0 Å². The fourth-order valence-corrected chi connectivity index (χ4v) is 2.46. The lowest BCUT2D eigenvalue weighted by Gasteiger charge is -2.20. The summed E-state index contributed by atoms with van der Waals surface area (Å²) >= 11 is 0. The first-order valence-corrected chi connectivity index (χ1v) is 9.28. The Morgan fingerprint density at radius 1 is 0.724 bits per heavy atom. The first kappa shape index (κ1) is 19.9. The van der Waals surface area contributed by atoms with Crippen LogP contribution in [-0.4, -0.2) is 18.1 Å². The molecule has 0 radical (unpaired) electrons. The topological polar surface area (TPSA) is 76.7 Å². The zero-order chi connectivity index (χ0) is 20.5. The molecule has 0 heterocycles. The molecule has 0 aromatic heterocycles. The molecule has 29 heavy (non-hydrogen) atoms. The molecular formula is C23H22N2O4. The van der Waals surface area contributed by atoms with Gasteiger partial charge in [-0.05, 0) is 48.5 Å². The number of hydrogen-bond acceptors (Lipinski definition) is 4. The Balaban J connectivity index is 1.71. The van der Waals surface area contributed by atoms with Gasteiger partial charge in [0.05, 0.1) is 0 Å². The smallest absolute Gasteiger partial charge is 0.321 e. The van der Waals surface area contributed by atoms with Crippen LogP contribution in [-0.2, 0) is 9.59 Å². The van der Waals surface area contributed by atoms with Crippen LogP contribution >= 0.6 is 0 Å². The van der Waals surface area contributed by atoms with E-state index in [9.17, 15) is 9.59 Å². The van der Waals surface area contributed by atoms with Gasteiger partial charge in [0.15, 0.2) is 0 Å². The number of hydrogen-bond donors (Lipinski definition) is 2. The highest BCUT2D eigenvalue weighted by Crippen LogP contribution is 2.18. The molecule has 0 atom stereocenters. The van der Waals surface area contributed by atoms with Crippen LogP contribution in [0.2, 0.25) is 0 Å². The quantitative estimate of drug-likeness (QED) is 0.557. The molecule has 0 spiro atoms. The van der Waals surface area contributed by atoms with Gasteiger partial charge in [0.2, 0.25) is 5.91 Å².